The van der Waals surface area contributed by atoms with Crippen LogP contribution in [0.5, 0.6) is 0 Å². The van der Waals surface area contributed by atoms with Gasteiger partial charge in [0, 0.05) is 22.2 Å². The highest BCUT2D eigenvalue weighted by molar-refractivity contribution is 7.99. The third-order valence-corrected chi connectivity index (χ3v) is 2.75. The van der Waals surface area contributed by atoms with E-state index in [2.05, 4.69) is 0 Å². The van der Waals surface area contributed by atoms with Gasteiger partial charge in [-0.3, -0.25) is 0 Å². The molecule has 1 aromatic rings. The van der Waals surface area contributed by atoms with Crippen LogP contribution in [0, 0.1) is 0 Å². The molecule has 0 fully saturated rings. The Morgan fingerprint density at radius 3 is 2.93 bits per heavy atom. The molecule has 1 aromatic carbocycles. The van der Waals surface area contributed by atoms with Gasteiger partial charge in [0.1, 0.15) is 0 Å². The minimum Gasteiger partial charge on any atom is -0.379 e. The Bertz CT molecular complexity index is 270. The lowest BCUT2D eigenvalue weighted by Crippen LogP contribution is -2.09. The van der Waals surface area contributed by atoms with Crippen LogP contribution in [0.2, 0.25) is 5.02 Å². The van der Waals surface area contributed by atoms with Crippen LogP contribution in [0.1, 0.15) is 0 Å². The van der Waals surface area contributed by atoms with Gasteiger partial charge >= 0.3 is 0 Å². The topological polar surface area (TPSA) is 35.2 Å². The van der Waals surface area contributed by atoms with Crippen LogP contribution in [0.4, 0.5) is 0 Å². The Hall–Kier alpha value is -0.220. The number of thioether (sulfide) groups is 1. The maximum absolute atomic E-state index is 5.85. The smallest absolute Gasteiger partial charge is 0.0589 e. The van der Waals surface area contributed by atoms with Crippen LogP contribution >= 0.6 is 23.4 Å². The van der Waals surface area contributed by atoms with Crippen molar-refractivity contribution < 1.29 is 4.74 Å². The average Bonchev–Trinajstić information content (AvgIpc) is 2.18. The van der Waals surface area contributed by atoms with Crippen molar-refractivity contribution in [3.8, 4) is 0 Å². The molecule has 0 spiro atoms. The first-order chi connectivity index (χ1) is 6.83. The van der Waals surface area contributed by atoms with Crippen LogP contribution < -0.4 is 5.73 Å². The van der Waals surface area contributed by atoms with E-state index in [1.807, 2.05) is 24.3 Å². The molecule has 0 saturated carbocycles. The summed E-state index contributed by atoms with van der Waals surface area (Å²) in [6.45, 7) is 1.95. The lowest BCUT2D eigenvalue weighted by atomic mass is 10.4. The van der Waals surface area contributed by atoms with Gasteiger partial charge in [-0.1, -0.05) is 17.7 Å². The van der Waals surface area contributed by atoms with E-state index in [9.17, 15) is 0 Å². The SMILES string of the molecule is NCCOCCSc1cccc(Cl)c1. The molecule has 0 amide bonds. The van der Waals surface area contributed by atoms with E-state index in [0.29, 0.717) is 13.2 Å². The second-order valence-corrected chi connectivity index (χ2v) is 4.31. The predicted molar refractivity (Wildman–Crippen MR) is 62.0 cm³/mol. The van der Waals surface area contributed by atoms with Crippen molar-refractivity contribution in [3.63, 3.8) is 0 Å². The van der Waals surface area contributed by atoms with E-state index in [1.165, 1.54) is 4.90 Å². The minimum atomic E-state index is 0.585. The Morgan fingerprint density at radius 1 is 1.36 bits per heavy atom. The molecule has 0 aliphatic rings. The molecular weight excluding hydrogens is 218 g/mol. The lowest BCUT2D eigenvalue weighted by Gasteiger charge is -2.02. The highest BCUT2D eigenvalue weighted by Gasteiger charge is 1.94. The Morgan fingerprint density at radius 2 is 2.21 bits per heavy atom. The largest absolute Gasteiger partial charge is 0.379 e. The second kappa shape index (κ2) is 7.12. The lowest BCUT2D eigenvalue weighted by molar-refractivity contribution is 0.158. The van der Waals surface area contributed by atoms with Gasteiger partial charge < -0.3 is 10.5 Å². The summed E-state index contributed by atoms with van der Waals surface area (Å²) < 4.78 is 5.26. The van der Waals surface area contributed by atoms with E-state index in [0.717, 1.165) is 17.4 Å². The monoisotopic (exact) mass is 231 g/mol. The van der Waals surface area contributed by atoms with Gasteiger partial charge in [-0.15, -0.1) is 11.8 Å². The van der Waals surface area contributed by atoms with Crippen LogP contribution in [0.3, 0.4) is 0 Å². The molecule has 0 bridgehead atoms. The van der Waals surface area contributed by atoms with Crippen LogP contribution in [0.15, 0.2) is 29.2 Å². The molecule has 0 atom stereocenters. The van der Waals surface area contributed by atoms with Gasteiger partial charge in [0.15, 0.2) is 0 Å². The van der Waals surface area contributed by atoms with Crippen LogP contribution in [0.25, 0.3) is 0 Å². The van der Waals surface area contributed by atoms with Crippen molar-refractivity contribution in [2.45, 2.75) is 4.90 Å². The number of nitrogens with two attached hydrogens (primary N) is 1. The fourth-order valence-electron chi connectivity index (χ4n) is 0.961. The Balaban J connectivity index is 2.18. The summed E-state index contributed by atoms with van der Waals surface area (Å²) >= 11 is 7.58. The molecule has 14 heavy (non-hydrogen) atoms. The molecule has 0 unspecified atom stereocenters. The molecule has 1 rings (SSSR count). The van der Waals surface area contributed by atoms with E-state index in [1.54, 1.807) is 11.8 Å². The fraction of sp³-hybridized carbons (Fsp3) is 0.400. The molecule has 0 saturated heterocycles. The van der Waals surface area contributed by atoms with Crippen LogP contribution in [-0.4, -0.2) is 25.5 Å². The van der Waals surface area contributed by atoms with Gasteiger partial charge in [-0.2, -0.15) is 0 Å². The van der Waals surface area contributed by atoms with Crippen molar-refractivity contribution >= 4 is 23.4 Å². The summed E-state index contributed by atoms with van der Waals surface area (Å²) in [6.07, 6.45) is 0. The number of rotatable bonds is 6. The Labute approximate surface area is 93.8 Å². The van der Waals surface area contributed by atoms with Gasteiger partial charge in [-0.05, 0) is 18.2 Å². The Kier molecular flexibility index (Phi) is 6.03. The molecule has 2 N–H and O–H groups in total. The maximum atomic E-state index is 5.85. The summed E-state index contributed by atoms with van der Waals surface area (Å²) in [6, 6.07) is 7.82. The zero-order valence-electron chi connectivity index (χ0n) is 7.91. The van der Waals surface area contributed by atoms with Gasteiger partial charge in [0.05, 0.1) is 13.2 Å². The summed E-state index contributed by atoms with van der Waals surface area (Å²) in [7, 11) is 0. The number of halogens is 1. The third-order valence-electron chi connectivity index (χ3n) is 1.55. The summed E-state index contributed by atoms with van der Waals surface area (Å²) in [5.41, 5.74) is 5.29. The summed E-state index contributed by atoms with van der Waals surface area (Å²) in [4.78, 5) is 1.17. The molecular formula is C10H14ClNOS. The normalized spacial score (nSPS) is 10.4. The third kappa shape index (κ3) is 4.86. The van der Waals surface area contributed by atoms with E-state index >= 15 is 0 Å². The highest BCUT2D eigenvalue weighted by atomic mass is 35.5. The number of ether oxygens (including phenoxy) is 1. The van der Waals surface area contributed by atoms with Crippen molar-refractivity contribution in [2.75, 3.05) is 25.5 Å². The van der Waals surface area contributed by atoms with Crippen molar-refractivity contribution in [1.82, 2.24) is 0 Å². The number of hydrogen-bond donors (Lipinski definition) is 1. The van der Waals surface area contributed by atoms with Crippen molar-refractivity contribution in [2.24, 2.45) is 5.73 Å². The highest BCUT2D eigenvalue weighted by Crippen LogP contribution is 2.21. The first-order valence-corrected chi connectivity index (χ1v) is 5.85. The quantitative estimate of drug-likeness (QED) is 0.603. The zero-order chi connectivity index (χ0) is 10.2. The molecule has 0 aromatic heterocycles. The molecule has 0 aliphatic heterocycles. The molecule has 0 radical (unpaired) electrons. The molecule has 2 nitrogen and oxygen atoms in total. The van der Waals surface area contributed by atoms with E-state index in [-0.39, 0.29) is 0 Å². The molecule has 0 aliphatic carbocycles. The van der Waals surface area contributed by atoms with Crippen molar-refractivity contribution in [3.05, 3.63) is 29.3 Å². The van der Waals surface area contributed by atoms with E-state index in [4.69, 9.17) is 22.1 Å². The summed E-state index contributed by atoms with van der Waals surface area (Å²) in [5.74, 6) is 0.931. The number of hydrogen-bond acceptors (Lipinski definition) is 3. The molecule has 0 heterocycles. The van der Waals surface area contributed by atoms with Crippen LogP contribution in [-0.2, 0) is 4.74 Å². The summed E-state index contributed by atoms with van der Waals surface area (Å²) in [5, 5.41) is 0.776. The fourth-order valence-corrected chi connectivity index (χ4v) is 2.04. The van der Waals surface area contributed by atoms with E-state index < -0.39 is 0 Å². The van der Waals surface area contributed by atoms with Gasteiger partial charge in [-0.25, -0.2) is 0 Å². The second-order valence-electron chi connectivity index (χ2n) is 2.71. The maximum Gasteiger partial charge on any atom is 0.0589 e. The predicted octanol–water partition coefficient (Wildman–Crippen LogP) is 2.41. The van der Waals surface area contributed by atoms with Gasteiger partial charge in [0.25, 0.3) is 0 Å². The van der Waals surface area contributed by atoms with Gasteiger partial charge in [0.2, 0.25) is 0 Å². The standard InChI is InChI=1S/C10H14ClNOS/c11-9-2-1-3-10(8-9)14-7-6-13-5-4-12/h1-3,8H,4-7,12H2. The molecule has 4 heteroatoms. The zero-order valence-corrected chi connectivity index (χ0v) is 9.48. The minimum absolute atomic E-state index is 0.585. The molecule has 78 valence electrons. The average molecular weight is 232 g/mol. The first-order valence-electron chi connectivity index (χ1n) is 4.49. The number of benzene rings is 1. The first kappa shape index (κ1) is 11.9. The van der Waals surface area contributed by atoms with Crippen molar-refractivity contribution in [1.29, 1.82) is 0 Å².